The number of Topliss-reactive ketones (excluding diaryl/α,β-unsaturated/α-hetero) is 1. The van der Waals surface area contributed by atoms with Gasteiger partial charge in [0.25, 0.3) is 5.78 Å². The lowest BCUT2D eigenvalue weighted by molar-refractivity contribution is -0.132. The van der Waals surface area contributed by atoms with Gasteiger partial charge in [0.15, 0.2) is 15.8 Å². The summed E-state index contributed by atoms with van der Waals surface area (Å²) in [4.78, 5) is 28.7. The minimum Gasteiger partial charge on any atom is -0.507 e. The number of aliphatic hydroxyl groups is 1. The summed E-state index contributed by atoms with van der Waals surface area (Å²) < 4.78 is 17.9. The molecule has 1 aromatic heterocycles. The Kier molecular flexibility index (Phi) is 11.8. The van der Waals surface area contributed by atoms with Crippen LogP contribution in [0.2, 0.25) is 5.02 Å². The summed E-state index contributed by atoms with van der Waals surface area (Å²) in [5.74, 6) is 0.285. The van der Waals surface area contributed by atoms with Gasteiger partial charge in [0.2, 0.25) is 5.13 Å². The summed E-state index contributed by atoms with van der Waals surface area (Å²) >= 11 is 8.67. The van der Waals surface area contributed by atoms with Crippen LogP contribution >= 0.6 is 34.7 Å². The molecule has 1 atom stereocenters. The number of unbranched alkanes of at least 4 members (excludes halogenated alkanes) is 2. The molecule has 5 rings (SSSR count). The van der Waals surface area contributed by atoms with Gasteiger partial charge in [-0.1, -0.05) is 79.6 Å². The number of rotatable bonds is 15. The number of nitrogens with zero attached hydrogens (tertiary/aromatic N) is 3. The molecule has 0 radical (unpaired) electrons. The van der Waals surface area contributed by atoms with Crippen LogP contribution in [-0.2, 0) is 15.3 Å². The van der Waals surface area contributed by atoms with E-state index < -0.39 is 17.7 Å². The normalized spacial score (nSPS) is 15.7. The summed E-state index contributed by atoms with van der Waals surface area (Å²) in [7, 11) is 1.53. The van der Waals surface area contributed by atoms with E-state index in [2.05, 4.69) is 17.1 Å². The molecule has 3 aromatic carbocycles. The Hall–Kier alpha value is -4.06. The number of methoxy groups -OCH3 is 1. The van der Waals surface area contributed by atoms with E-state index in [1.807, 2.05) is 31.2 Å². The number of amides is 1. The van der Waals surface area contributed by atoms with Crippen molar-refractivity contribution in [2.24, 2.45) is 0 Å². The molecule has 0 spiro atoms. The molecule has 0 bridgehead atoms. The molecule has 246 valence electrons. The highest BCUT2D eigenvalue weighted by Gasteiger charge is 2.48. The highest BCUT2D eigenvalue weighted by Crippen LogP contribution is 2.45. The number of halogens is 1. The van der Waals surface area contributed by atoms with Crippen LogP contribution in [0.4, 0.5) is 5.13 Å². The molecular formula is C35H36ClN3O6S2. The van der Waals surface area contributed by atoms with Crippen LogP contribution in [0.3, 0.4) is 0 Å². The molecule has 1 aliphatic heterocycles. The first-order valence-electron chi connectivity index (χ1n) is 15.4. The second-order valence-electron chi connectivity index (χ2n) is 10.8. The molecule has 47 heavy (non-hydrogen) atoms. The molecule has 1 saturated heterocycles. The molecule has 2 heterocycles. The van der Waals surface area contributed by atoms with Crippen LogP contribution in [0.15, 0.2) is 76.6 Å². The van der Waals surface area contributed by atoms with E-state index in [1.54, 1.807) is 42.5 Å². The van der Waals surface area contributed by atoms with Crippen molar-refractivity contribution >= 4 is 57.3 Å². The molecular weight excluding hydrogens is 658 g/mol. The number of hydrogen-bond donors (Lipinski definition) is 1. The van der Waals surface area contributed by atoms with Crippen LogP contribution in [0.5, 0.6) is 17.2 Å². The number of carbonyl (C=O) groups is 2. The van der Waals surface area contributed by atoms with Gasteiger partial charge in [-0.25, -0.2) is 0 Å². The highest BCUT2D eigenvalue weighted by molar-refractivity contribution is 8.00. The predicted octanol–water partition coefficient (Wildman–Crippen LogP) is 8.48. The Morgan fingerprint density at radius 3 is 2.40 bits per heavy atom. The van der Waals surface area contributed by atoms with Gasteiger partial charge in [-0.2, -0.15) is 0 Å². The van der Waals surface area contributed by atoms with Crippen molar-refractivity contribution in [1.82, 2.24) is 10.2 Å². The van der Waals surface area contributed by atoms with Gasteiger partial charge < -0.3 is 19.3 Å². The number of ketones is 1. The van der Waals surface area contributed by atoms with Gasteiger partial charge in [-0.05, 0) is 72.5 Å². The summed E-state index contributed by atoms with van der Waals surface area (Å²) in [5.41, 5.74) is 1.89. The Bertz CT molecular complexity index is 1730. The monoisotopic (exact) mass is 693 g/mol. The minimum atomic E-state index is -1.00. The zero-order chi connectivity index (χ0) is 33.3. The maximum atomic E-state index is 13.7. The molecule has 0 aliphatic carbocycles. The van der Waals surface area contributed by atoms with Crippen molar-refractivity contribution in [2.45, 2.75) is 55.7 Å². The zero-order valence-electron chi connectivity index (χ0n) is 26.4. The number of anilines is 1. The van der Waals surface area contributed by atoms with Gasteiger partial charge in [0.1, 0.15) is 11.5 Å². The first-order chi connectivity index (χ1) is 22.8. The van der Waals surface area contributed by atoms with Crippen molar-refractivity contribution in [3.8, 4) is 17.2 Å². The van der Waals surface area contributed by atoms with Gasteiger partial charge in [-0.15, -0.1) is 10.2 Å². The summed E-state index contributed by atoms with van der Waals surface area (Å²) in [5, 5.41) is 21.1. The van der Waals surface area contributed by atoms with E-state index in [4.69, 9.17) is 25.8 Å². The summed E-state index contributed by atoms with van der Waals surface area (Å²) in [6.45, 7) is 5.22. The van der Waals surface area contributed by atoms with E-state index in [0.717, 1.165) is 31.2 Å². The molecule has 1 N–H and O–H groups in total. The number of aliphatic hydroxyl groups excluding tert-OH is 1. The van der Waals surface area contributed by atoms with Crippen molar-refractivity contribution in [2.75, 3.05) is 25.2 Å². The average Bonchev–Trinajstić information content (AvgIpc) is 3.66. The minimum absolute atomic E-state index is 0.0681. The first-order valence-corrected chi connectivity index (χ1v) is 17.6. The molecule has 9 nitrogen and oxygen atoms in total. The van der Waals surface area contributed by atoms with E-state index in [1.165, 1.54) is 35.1 Å². The number of benzene rings is 3. The lowest BCUT2D eigenvalue weighted by atomic mass is 9.95. The van der Waals surface area contributed by atoms with E-state index in [0.29, 0.717) is 56.7 Å². The molecule has 1 aliphatic rings. The lowest BCUT2D eigenvalue weighted by Crippen LogP contribution is -2.29. The topological polar surface area (TPSA) is 111 Å². The number of thioether (sulfide) groups is 1. The Balaban J connectivity index is 1.52. The average molecular weight is 694 g/mol. The van der Waals surface area contributed by atoms with Gasteiger partial charge in [-0.3, -0.25) is 14.5 Å². The number of carbonyl (C=O) groups excluding carboxylic acids is 2. The fraction of sp³-hybridized carbons (Fsp3) is 0.314. The second-order valence-corrected chi connectivity index (χ2v) is 13.4. The number of aromatic nitrogens is 2. The fourth-order valence-electron chi connectivity index (χ4n) is 5.02. The summed E-state index contributed by atoms with van der Waals surface area (Å²) in [6.07, 6.45) is 3.87. The number of hydrogen-bond acceptors (Lipinski definition) is 10. The van der Waals surface area contributed by atoms with Crippen LogP contribution in [-0.4, -0.2) is 47.3 Å². The smallest absolute Gasteiger partial charge is 0.301 e. The third-order valence-electron chi connectivity index (χ3n) is 7.43. The largest absolute Gasteiger partial charge is 0.507 e. The fourth-order valence-corrected chi connectivity index (χ4v) is 6.97. The van der Waals surface area contributed by atoms with Crippen LogP contribution in [0, 0.1) is 0 Å². The third kappa shape index (κ3) is 8.09. The van der Waals surface area contributed by atoms with E-state index in [-0.39, 0.29) is 16.5 Å². The van der Waals surface area contributed by atoms with Crippen molar-refractivity contribution in [1.29, 1.82) is 0 Å². The maximum absolute atomic E-state index is 13.7. The molecule has 0 saturated carbocycles. The van der Waals surface area contributed by atoms with Crippen molar-refractivity contribution in [3.05, 3.63) is 94.0 Å². The van der Waals surface area contributed by atoms with Gasteiger partial charge in [0.05, 0.1) is 31.9 Å². The molecule has 1 fully saturated rings. The second kappa shape index (κ2) is 16.2. The number of ether oxygens (including phenoxy) is 3. The van der Waals surface area contributed by atoms with Crippen molar-refractivity contribution < 1.29 is 28.9 Å². The van der Waals surface area contributed by atoms with Crippen LogP contribution in [0.1, 0.15) is 62.3 Å². The first kappa shape index (κ1) is 34.3. The van der Waals surface area contributed by atoms with Crippen LogP contribution < -0.4 is 19.1 Å². The maximum Gasteiger partial charge on any atom is 0.301 e. The Labute approximate surface area is 287 Å². The molecule has 1 unspecified atom stereocenters. The molecule has 12 heteroatoms. The standard InChI is InChI=1S/C35H36ClN3O6S2/c1-4-6-7-19-45-27-17-12-24(20-28(27)43-3)30-29(31(40)23-10-15-26(16-11-23)44-18-5-2)32(41)33(42)39(30)34-37-38-35(47-34)46-21-22-8-13-25(36)14-9-22/h8-17,20,30,40H,4-7,18-19,21H2,1-3H3/b31-29-. The third-order valence-corrected chi connectivity index (χ3v) is 9.81. The highest BCUT2D eigenvalue weighted by atomic mass is 35.5. The predicted molar refractivity (Wildman–Crippen MR) is 186 cm³/mol. The Morgan fingerprint density at radius 1 is 0.936 bits per heavy atom. The SMILES string of the molecule is CCCCCOc1ccc(C2/C(=C(/O)c3ccc(OCCC)cc3)C(=O)C(=O)N2c2nnc(SCc3ccc(Cl)cc3)s2)cc1OC. The van der Waals surface area contributed by atoms with Crippen molar-refractivity contribution in [3.63, 3.8) is 0 Å². The van der Waals surface area contributed by atoms with E-state index in [9.17, 15) is 14.7 Å². The molecule has 1 amide bonds. The van der Waals surface area contributed by atoms with Crippen LogP contribution in [0.25, 0.3) is 5.76 Å². The van der Waals surface area contributed by atoms with E-state index >= 15 is 0 Å². The van der Waals surface area contributed by atoms with Gasteiger partial charge >= 0.3 is 5.91 Å². The lowest BCUT2D eigenvalue weighted by Gasteiger charge is -2.23. The van der Waals surface area contributed by atoms with Gasteiger partial charge in [0, 0.05) is 16.3 Å². The Morgan fingerprint density at radius 2 is 1.70 bits per heavy atom. The molecule has 4 aromatic rings. The summed E-state index contributed by atoms with van der Waals surface area (Å²) in [6, 6.07) is 18.5. The quantitative estimate of drug-likeness (QED) is 0.0327. The zero-order valence-corrected chi connectivity index (χ0v) is 28.8.